The van der Waals surface area contributed by atoms with Gasteiger partial charge in [0, 0.05) is 25.6 Å². The van der Waals surface area contributed by atoms with E-state index in [0.29, 0.717) is 26.1 Å². The summed E-state index contributed by atoms with van der Waals surface area (Å²) >= 11 is 5.93. The maximum atomic E-state index is 14.4. The van der Waals surface area contributed by atoms with Crippen molar-refractivity contribution < 1.29 is 18.3 Å². The third-order valence-corrected chi connectivity index (χ3v) is 6.53. The zero-order valence-corrected chi connectivity index (χ0v) is 19.0. The van der Waals surface area contributed by atoms with E-state index in [1.165, 1.54) is 30.3 Å². The van der Waals surface area contributed by atoms with Crippen LogP contribution in [0.3, 0.4) is 0 Å². The number of amides is 1. The Balaban J connectivity index is 1.74. The van der Waals surface area contributed by atoms with E-state index < -0.39 is 23.3 Å². The van der Waals surface area contributed by atoms with Gasteiger partial charge in [-0.25, -0.2) is 13.6 Å². The molecule has 33 heavy (non-hydrogen) atoms. The summed E-state index contributed by atoms with van der Waals surface area (Å²) in [4.78, 5) is 15.1. The molecule has 1 aliphatic heterocycles. The largest absolute Gasteiger partial charge is 0.415 e. The van der Waals surface area contributed by atoms with Crippen LogP contribution >= 0.6 is 11.6 Å². The highest BCUT2D eigenvalue weighted by atomic mass is 35.5. The average Bonchev–Trinajstić information content (AvgIpc) is 3.22. The molecule has 1 saturated heterocycles. The molecule has 0 aliphatic carbocycles. The van der Waals surface area contributed by atoms with Crippen molar-refractivity contribution in [1.82, 2.24) is 10.2 Å². The van der Waals surface area contributed by atoms with Gasteiger partial charge >= 0.3 is 6.09 Å². The molecule has 2 atom stereocenters. The Kier molecular flexibility index (Phi) is 6.96. The lowest BCUT2D eigenvalue weighted by Gasteiger charge is -2.44. The lowest BCUT2D eigenvalue weighted by atomic mass is 9.76. The van der Waals surface area contributed by atoms with Crippen molar-refractivity contribution in [2.45, 2.75) is 24.8 Å². The Morgan fingerprint density at radius 3 is 2.52 bits per heavy atom. The minimum absolute atomic E-state index is 0.0569. The SMILES string of the molecule is CCN(C(=O)Oc1ccc(F)cc1)[C@]1(Cc2ccccc2)CNC[C@H]1c1ccc(Cl)c(F)c1. The van der Waals surface area contributed by atoms with E-state index in [9.17, 15) is 13.6 Å². The zero-order valence-electron chi connectivity index (χ0n) is 18.2. The van der Waals surface area contributed by atoms with Gasteiger partial charge in [-0.2, -0.15) is 0 Å². The fourth-order valence-electron chi connectivity index (χ4n) is 4.70. The molecule has 1 N–H and O–H groups in total. The number of likely N-dealkylation sites (N-methyl/N-ethyl adjacent to an activating group) is 1. The molecular weight excluding hydrogens is 446 g/mol. The van der Waals surface area contributed by atoms with Gasteiger partial charge in [-0.3, -0.25) is 0 Å². The predicted molar refractivity (Wildman–Crippen MR) is 125 cm³/mol. The van der Waals surface area contributed by atoms with E-state index in [1.807, 2.05) is 43.3 Å². The van der Waals surface area contributed by atoms with Gasteiger partial charge < -0.3 is 15.0 Å². The fraction of sp³-hybridized carbons (Fsp3) is 0.269. The van der Waals surface area contributed by atoms with Crippen molar-refractivity contribution in [3.63, 3.8) is 0 Å². The molecule has 1 fully saturated rings. The van der Waals surface area contributed by atoms with Gasteiger partial charge in [-0.15, -0.1) is 0 Å². The number of halogens is 3. The lowest BCUT2D eigenvalue weighted by Crippen LogP contribution is -2.58. The summed E-state index contributed by atoms with van der Waals surface area (Å²) in [6.07, 6.45) is 0.00503. The first-order valence-electron chi connectivity index (χ1n) is 10.9. The number of carbonyl (C=O) groups is 1. The summed E-state index contributed by atoms with van der Waals surface area (Å²) in [5.41, 5.74) is 1.09. The number of nitrogens with zero attached hydrogens (tertiary/aromatic N) is 1. The van der Waals surface area contributed by atoms with Crippen molar-refractivity contribution >= 4 is 17.7 Å². The van der Waals surface area contributed by atoms with E-state index in [2.05, 4.69) is 5.32 Å². The number of rotatable bonds is 6. The minimum Gasteiger partial charge on any atom is -0.410 e. The van der Waals surface area contributed by atoms with Crippen LogP contribution in [0.25, 0.3) is 0 Å². The van der Waals surface area contributed by atoms with Crippen molar-refractivity contribution in [3.8, 4) is 5.75 Å². The summed E-state index contributed by atoms with van der Waals surface area (Å²) in [5, 5.41) is 3.46. The summed E-state index contributed by atoms with van der Waals surface area (Å²) in [7, 11) is 0. The van der Waals surface area contributed by atoms with Crippen molar-refractivity contribution in [2.24, 2.45) is 0 Å². The Morgan fingerprint density at radius 2 is 1.85 bits per heavy atom. The summed E-state index contributed by atoms with van der Waals surface area (Å²) in [6.45, 7) is 3.33. The molecule has 1 amide bonds. The number of carbonyl (C=O) groups excluding carboxylic acids is 1. The van der Waals surface area contributed by atoms with Crippen LogP contribution in [-0.4, -0.2) is 36.2 Å². The quantitative estimate of drug-likeness (QED) is 0.494. The standard InChI is InChI=1S/C26H25ClF2N2O2/c1-2-31(25(32)33-21-11-9-20(28)10-12-21)26(15-18-6-4-3-5-7-18)17-30-16-22(26)19-8-13-23(27)24(29)14-19/h3-14,22,30H,2,15-17H2,1H3/t22-,26+/m0/s1. The summed E-state index contributed by atoms with van der Waals surface area (Å²) in [5.74, 6) is -0.848. The van der Waals surface area contributed by atoms with Crippen LogP contribution in [-0.2, 0) is 6.42 Å². The molecule has 172 valence electrons. The molecule has 3 aromatic carbocycles. The molecule has 0 saturated carbocycles. The molecule has 0 unspecified atom stereocenters. The number of ether oxygens (including phenoxy) is 1. The average molecular weight is 471 g/mol. The van der Waals surface area contributed by atoms with Gasteiger partial charge in [0.15, 0.2) is 0 Å². The van der Waals surface area contributed by atoms with Crippen LogP contribution in [0.4, 0.5) is 13.6 Å². The highest BCUT2D eigenvalue weighted by Crippen LogP contribution is 2.40. The molecule has 7 heteroatoms. The molecule has 0 radical (unpaired) electrons. The smallest absolute Gasteiger partial charge is 0.410 e. The molecule has 0 aromatic heterocycles. The van der Waals surface area contributed by atoms with Crippen LogP contribution in [0, 0.1) is 11.6 Å². The third kappa shape index (κ3) is 4.87. The van der Waals surface area contributed by atoms with Crippen LogP contribution in [0.2, 0.25) is 5.02 Å². The number of hydrogen-bond acceptors (Lipinski definition) is 3. The topological polar surface area (TPSA) is 41.6 Å². The van der Waals surface area contributed by atoms with Crippen LogP contribution in [0.5, 0.6) is 5.75 Å². The zero-order chi connectivity index (χ0) is 23.4. The van der Waals surface area contributed by atoms with Gasteiger partial charge in [-0.1, -0.05) is 48.0 Å². The Hall–Kier alpha value is -2.96. The van der Waals surface area contributed by atoms with E-state index >= 15 is 0 Å². The fourth-order valence-corrected chi connectivity index (χ4v) is 4.82. The summed E-state index contributed by atoms with van der Waals surface area (Å²) < 4.78 is 33.3. The second-order valence-corrected chi connectivity index (χ2v) is 8.60. The first-order valence-corrected chi connectivity index (χ1v) is 11.3. The van der Waals surface area contributed by atoms with Gasteiger partial charge in [0.05, 0.1) is 10.6 Å². The van der Waals surface area contributed by atoms with Crippen molar-refractivity contribution in [3.05, 3.63) is 101 Å². The molecule has 0 spiro atoms. The first-order chi connectivity index (χ1) is 15.9. The first kappa shape index (κ1) is 23.2. The Bertz CT molecular complexity index is 1110. The van der Waals surface area contributed by atoms with Gasteiger partial charge in [-0.05, 0) is 60.9 Å². The lowest BCUT2D eigenvalue weighted by molar-refractivity contribution is 0.0836. The van der Waals surface area contributed by atoms with Gasteiger partial charge in [0.25, 0.3) is 0 Å². The Labute approximate surface area is 197 Å². The molecule has 0 bridgehead atoms. The third-order valence-electron chi connectivity index (χ3n) is 6.22. The monoisotopic (exact) mass is 470 g/mol. The number of nitrogens with one attached hydrogen (secondary N) is 1. The van der Waals surface area contributed by atoms with Gasteiger partial charge in [0.2, 0.25) is 0 Å². The normalized spacial score (nSPS) is 19.9. The van der Waals surface area contributed by atoms with Gasteiger partial charge in [0.1, 0.15) is 17.4 Å². The Morgan fingerprint density at radius 1 is 1.12 bits per heavy atom. The molecule has 1 heterocycles. The van der Waals surface area contributed by atoms with E-state index in [1.54, 1.807) is 11.0 Å². The maximum Gasteiger partial charge on any atom is 0.415 e. The second kappa shape index (κ2) is 9.89. The maximum absolute atomic E-state index is 14.4. The molecule has 3 aromatic rings. The predicted octanol–water partition coefficient (Wildman–Crippen LogP) is 5.81. The molecular formula is C26H25ClF2N2O2. The molecule has 4 nitrogen and oxygen atoms in total. The van der Waals surface area contributed by atoms with Crippen LogP contribution in [0.1, 0.15) is 24.0 Å². The van der Waals surface area contributed by atoms with E-state index in [0.717, 1.165) is 11.1 Å². The van der Waals surface area contributed by atoms with Crippen LogP contribution in [0.15, 0.2) is 72.8 Å². The number of hydrogen-bond donors (Lipinski definition) is 1. The summed E-state index contributed by atoms with van der Waals surface area (Å²) in [6, 6.07) is 20.0. The highest BCUT2D eigenvalue weighted by Gasteiger charge is 2.50. The van der Waals surface area contributed by atoms with E-state index in [-0.39, 0.29) is 16.7 Å². The van der Waals surface area contributed by atoms with Crippen molar-refractivity contribution in [1.29, 1.82) is 0 Å². The molecule has 4 rings (SSSR count). The minimum atomic E-state index is -0.715. The molecule has 1 aliphatic rings. The highest BCUT2D eigenvalue weighted by molar-refractivity contribution is 6.30. The second-order valence-electron chi connectivity index (χ2n) is 8.19. The number of benzene rings is 3. The van der Waals surface area contributed by atoms with Crippen molar-refractivity contribution in [2.75, 3.05) is 19.6 Å². The van der Waals surface area contributed by atoms with E-state index in [4.69, 9.17) is 16.3 Å². The van der Waals surface area contributed by atoms with Crippen LogP contribution < -0.4 is 10.1 Å².